The Balaban J connectivity index is 0.903. The standard InChI is InChI=1S/C53H38N6/c1-4-12-35(13-5-1)36-20-26-40(27-21-36)51-56-50(39-14-6-2-7-15-39)57-52(58-51)41-28-22-37(23-29-41)38-24-30-42(31-25-38)53-55-48-47-34-54-33-32-45(47)44-18-10-11-19-46(44)49(48)59(53)43-16-8-3-9-17-43/h1-34,50,53,55H,(H,56,57,58). The second-order valence-electron chi connectivity index (χ2n) is 15.0. The Morgan fingerprint density at radius 1 is 0.424 bits per heavy atom. The highest BCUT2D eigenvalue weighted by molar-refractivity contribution is 6.22. The summed E-state index contributed by atoms with van der Waals surface area (Å²) in [4.78, 5) is 17.1. The third-order valence-electron chi connectivity index (χ3n) is 11.4. The van der Waals surface area contributed by atoms with Gasteiger partial charge < -0.3 is 15.5 Å². The van der Waals surface area contributed by atoms with Crippen molar-refractivity contribution in [1.29, 1.82) is 0 Å². The zero-order chi connectivity index (χ0) is 39.1. The van der Waals surface area contributed by atoms with Gasteiger partial charge in [0.1, 0.15) is 18.2 Å². The molecule has 0 saturated heterocycles. The van der Waals surface area contributed by atoms with Gasteiger partial charge in [0.25, 0.3) is 0 Å². The number of fused-ring (bicyclic) bond motifs is 6. The third-order valence-corrected chi connectivity index (χ3v) is 11.4. The van der Waals surface area contributed by atoms with Crippen LogP contribution < -0.4 is 15.5 Å². The van der Waals surface area contributed by atoms with Crippen molar-refractivity contribution in [3.63, 3.8) is 0 Å². The summed E-state index contributed by atoms with van der Waals surface area (Å²) in [6, 6.07) is 68.3. The molecule has 2 aliphatic heterocycles. The lowest BCUT2D eigenvalue weighted by atomic mass is 9.99. The monoisotopic (exact) mass is 758 g/mol. The Bertz CT molecular complexity index is 3020. The Morgan fingerprint density at radius 3 is 1.66 bits per heavy atom. The van der Waals surface area contributed by atoms with E-state index in [1.807, 2.05) is 24.5 Å². The van der Waals surface area contributed by atoms with Crippen molar-refractivity contribution in [2.24, 2.45) is 9.98 Å². The van der Waals surface area contributed by atoms with Crippen molar-refractivity contribution >= 4 is 50.3 Å². The molecule has 2 atom stereocenters. The number of hydrogen-bond donors (Lipinski definition) is 2. The summed E-state index contributed by atoms with van der Waals surface area (Å²) in [7, 11) is 0. The summed E-state index contributed by atoms with van der Waals surface area (Å²) in [6.07, 6.45) is 3.49. The number of pyridine rings is 1. The smallest absolute Gasteiger partial charge is 0.159 e. The van der Waals surface area contributed by atoms with E-state index >= 15 is 0 Å². The normalized spacial score (nSPS) is 15.9. The van der Waals surface area contributed by atoms with E-state index < -0.39 is 0 Å². The van der Waals surface area contributed by atoms with E-state index in [0.29, 0.717) is 5.84 Å². The van der Waals surface area contributed by atoms with Crippen LogP contribution in [0.15, 0.2) is 217 Å². The molecule has 0 spiro atoms. The van der Waals surface area contributed by atoms with Crippen molar-refractivity contribution in [2.45, 2.75) is 12.3 Å². The second-order valence-corrected chi connectivity index (χ2v) is 15.0. The van der Waals surface area contributed by atoms with Gasteiger partial charge in [-0.2, -0.15) is 0 Å². The second kappa shape index (κ2) is 14.6. The molecule has 1 aromatic heterocycles. The molecule has 3 heterocycles. The van der Waals surface area contributed by atoms with E-state index in [4.69, 9.17) is 9.98 Å². The minimum Gasteiger partial charge on any atom is -0.359 e. The average Bonchev–Trinajstić information content (AvgIpc) is 3.74. The van der Waals surface area contributed by atoms with Crippen LogP contribution in [-0.4, -0.2) is 16.7 Å². The number of nitrogens with one attached hydrogen (secondary N) is 2. The highest BCUT2D eigenvalue weighted by Crippen LogP contribution is 2.53. The molecule has 11 rings (SSSR count). The molecule has 0 bridgehead atoms. The first-order valence-electron chi connectivity index (χ1n) is 20.0. The van der Waals surface area contributed by atoms with Crippen molar-refractivity contribution in [2.75, 3.05) is 10.2 Å². The number of anilines is 3. The predicted octanol–water partition coefficient (Wildman–Crippen LogP) is 12.5. The Labute approximate surface area is 342 Å². The first-order chi connectivity index (χ1) is 29.2. The summed E-state index contributed by atoms with van der Waals surface area (Å²) in [6.45, 7) is 0. The number of para-hydroxylation sites is 1. The number of aromatic nitrogens is 1. The summed E-state index contributed by atoms with van der Waals surface area (Å²) in [5.74, 6) is 1.50. The van der Waals surface area contributed by atoms with E-state index in [9.17, 15) is 0 Å². The largest absolute Gasteiger partial charge is 0.359 e. The molecule has 2 N–H and O–H groups in total. The fraction of sp³-hybridized carbons (Fsp3) is 0.0377. The zero-order valence-electron chi connectivity index (χ0n) is 32.1. The topological polar surface area (TPSA) is 64.9 Å². The van der Waals surface area contributed by atoms with Gasteiger partial charge in [-0.25, -0.2) is 9.98 Å². The number of amidine groups is 2. The molecule has 0 saturated carbocycles. The molecule has 0 fully saturated rings. The maximum atomic E-state index is 5.09. The minimum atomic E-state index is -0.266. The predicted molar refractivity (Wildman–Crippen MR) is 243 cm³/mol. The van der Waals surface area contributed by atoms with Gasteiger partial charge in [-0.05, 0) is 62.4 Å². The zero-order valence-corrected chi connectivity index (χ0v) is 32.1. The van der Waals surface area contributed by atoms with Gasteiger partial charge in [0, 0.05) is 40.0 Å². The van der Waals surface area contributed by atoms with Gasteiger partial charge in [-0.1, -0.05) is 176 Å². The Kier molecular flexibility index (Phi) is 8.51. The lowest BCUT2D eigenvalue weighted by Crippen LogP contribution is -2.33. The van der Waals surface area contributed by atoms with Crippen LogP contribution >= 0.6 is 0 Å². The van der Waals surface area contributed by atoms with E-state index in [1.54, 1.807) is 0 Å². The first kappa shape index (κ1) is 34.4. The van der Waals surface area contributed by atoms with Crippen LogP contribution in [0.5, 0.6) is 0 Å². The molecule has 9 aromatic rings. The van der Waals surface area contributed by atoms with Crippen LogP contribution in [0.1, 0.15) is 34.6 Å². The molecule has 0 aliphatic carbocycles. The molecule has 2 aliphatic rings. The Morgan fingerprint density at radius 2 is 0.966 bits per heavy atom. The molecule has 0 radical (unpaired) electrons. The van der Waals surface area contributed by atoms with E-state index in [0.717, 1.165) is 56.0 Å². The van der Waals surface area contributed by atoms with Crippen LogP contribution in [0, 0.1) is 0 Å². The summed E-state index contributed by atoms with van der Waals surface area (Å²) in [5, 5.41) is 12.3. The lowest BCUT2D eigenvalue weighted by molar-refractivity contribution is 0.674. The van der Waals surface area contributed by atoms with Crippen LogP contribution in [0.4, 0.5) is 17.1 Å². The quantitative estimate of drug-likeness (QED) is 0.159. The number of benzene rings is 8. The fourth-order valence-corrected chi connectivity index (χ4v) is 8.49. The molecule has 0 amide bonds. The van der Waals surface area contributed by atoms with Gasteiger partial charge in [0.15, 0.2) is 5.84 Å². The number of hydrogen-bond acceptors (Lipinski definition) is 6. The minimum absolute atomic E-state index is 0.114. The molecule has 59 heavy (non-hydrogen) atoms. The molecular weight excluding hydrogens is 721 g/mol. The van der Waals surface area contributed by atoms with Crippen LogP contribution in [0.25, 0.3) is 43.8 Å². The van der Waals surface area contributed by atoms with Crippen LogP contribution in [0.3, 0.4) is 0 Å². The maximum absolute atomic E-state index is 5.09. The van der Waals surface area contributed by atoms with Gasteiger partial charge in [0.05, 0.1) is 11.4 Å². The van der Waals surface area contributed by atoms with E-state index in [1.165, 1.54) is 33.0 Å². The average molecular weight is 759 g/mol. The summed E-state index contributed by atoms with van der Waals surface area (Å²) >= 11 is 0. The van der Waals surface area contributed by atoms with Crippen molar-refractivity contribution in [1.82, 2.24) is 10.3 Å². The number of rotatable bonds is 7. The third kappa shape index (κ3) is 6.28. The van der Waals surface area contributed by atoms with Crippen LogP contribution in [-0.2, 0) is 0 Å². The van der Waals surface area contributed by atoms with Gasteiger partial charge >= 0.3 is 0 Å². The number of nitrogens with zero attached hydrogens (tertiary/aromatic N) is 4. The maximum Gasteiger partial charge on any atom is 0.159 e. The van der Waals surface area contributed by atoms with Crippen LogP contribution in [0.2, 0.25) is 0 Å². The first-order valence-corrected chi connectivity index (χ1v) is 20.0. The van der Waals surface area contributed by atoms with Crippen molar-refractivity contribution in [3.05, 3.63) is 229 Å². The molecule has 8 aromatic carbocycles. The van der Waals surface area contributed by atoms with Crippen molar-refractivity contribution in [3.8, 4) is 22.3 Å². The molecule has 6 heteroatoms. The lowest BCUT2D eigenvalue weighted by Gasteiger charge is -2.28. The van der Waals surface area contributed by atoms with E-state index in [-0.39, 0.29) is 12.3 Å². The van der Waals surface area contributed by atoms with Gasteiger partial charge in [-0.3, -0.25) is 4.98 Å². The van der Waals surface area contributed by atoms with Gasteiger partial charge in [0.2, 0.25) is 0 Å². The fourth-order valence-electron chi connectivity index (χ4n) is 8.49. The molecular formula is C53H38N6. The van der Waals surface area contributed by atoms with E-state index in [2.05, 4.69) is 203 Å². The number of aliphatic imine (C=N–C) groups is 2. The highest BCUT2D eigenvalue weighted by atomic mass is 15.3. The van der Waals surface area contributed by atoms with Gasteiger partial charge in [-0.15, -0.1) is 0 Å². The molecule has 280 valence electrons. The Hall–Kier alpha value is -7.83. The summed E-state index contributed by atoms with van der Waals surface area (Å²) < 4.78 is 0. The molecule has 2 unspecified atom stereocenters. The van der Waals surface area contributed by atoms with Crippen molar-refractivity contribution < 1.29 is 0 Å². The summed E-state index contributed by atoms with van der Waals surface area (Å²) in [5.41, 5.74) is 12.2. The molecule has 6 nitrogen and oxygen atoms in total. The highest BCUT2D eigenvalue weighted by Gasteiger charge is 2.34. The SMILES string of the molecule is c1ccc(-c2ccc(C3=NC(c4ccccc4)NC(c4ccc(-c5ccc(C6Nc7c(c8ccccc8c8ccncc78)N6c6ccccc6)cc5)cc4)=N3)cc2)cc1.